The minimum atomic E-state index is -1.40. The van der Waals surface area contributed by atoms with Gasteiger partial charge in [-0.1, -0.05) is 58.6 Å². The van der Waals surface area contributed by atoms with E-state index in [1.807, 2.05) is 0 Å². The molecule has 0 aliphatic heterocycles. The maximum atomic E-state index is 2.47. The molecule has 0 bridgehead atoms. The standard InChI is InChI=1S/C21H32NSi/c1-16-11-9-10-12-18(16)19-13-20(23(6,7)8)17(15-22(19)5)14-21(2,3)4/h9-13,15H,14H2,1-8H3/q+1. The van der Waals surface area contributed by atoms with E-state index in [4.69, 9.17) is 0 Å². The molecule has 2 rings (SSSR count). The van der Waals surface area contributed by atoms with E-state index in [1.54, 1.807) is 5.19 Å². The van der Waals surface area contributed by atoms with E-state index < -0.39 is 8.07 Å². The molecule has 0 fully saturated rings. The Morgan fingerprint density at radius 1 is 1.04 bits per heavy atom. The maximum Gasteiger partial charge on any atom is 0.212 e. The number of aryl methyl sites for hydroxylation is 2. The van der Waals surface area contributed by atoms with Gasteiger partial charge in [0.25, 0.3) is 0 Å². The highest BCUT2D eigenvalue weighted by molar-refractivity contribution is 6.89. The lowest BCUT2D eigenvalue weighted by atomic mass is 9.88. The highest BCUT2D eigenvalue weighted by Gasteiger charge is 2.27. The fourth-order valence-corrected chi connectivity index (χ4v) is 4.93. The van der Waals surface area contributed by atoms with Crippen LogP contribution in [0, 0.1) is 12.3 Å². The van der Waals surface area contributed by atoms with Gasteiger partial charge in [0.1, 0.15) is 7.05 Å². The first kappa shape index (κ1) is 17.9. The van der Waals surface area contributed by atoms with Gasteiger partial charge in [-0.3, -0.25) is 0 Å². The Kier molecular flexibility index (Phi) is 4.86. The van der Waals surface area contributed by atoms with E-state index in [-0.39, 0.29) is 0 Å². The monoisotopic (exact) mass is 326 g/mol. The van der Waals surface area contributed by atoms with Crippen molar-refractivity contribution in [3.8, 4) is 11.3 Å². The lowest BCUT2D eigenvalue weighted by Crippen LogP contribution is -2.45. The van der Waals surface area contributed by atoms with Crippen LogP contribution >= 0.6 is 0 Å². The first-order valence-electron chi connectivity index (χ1n) is 8.58. The summed E-state index contributed by atoms with van der Waals surface area (Å²) in [7, 11) is 0.787. The highest BCUT2D eigenvalue weighted by Crippen LogP contribution is 2.24. The van der Waals surface area contributed by atoms with Gasteiger partial charge in [0.05, 0.1) is 8.07 Å². The molecule has 124 valence electrons. The van der Waals surface area contributed by atoms with Crippen LogP contribution in [0.5, 0.6) is 0 Å². The molecule has 0 aliphatic carbocycles. The molecule has 0 N–H and O–H groups in total. The molecule has 0 atom stereocenters. The van der Waals surface area contributed by atoms with E-state index in [9.17, 15) is 0 Å². The third-order valence-corrected chi connectivity index (χ3v) is 6.39. The lowest BCUT2D eigenvalue weighted by Gasteiger charge is -2.25. The Bertz CT molecular complexity index is 703. The van der Waals surface area contributed by atoms with Gasteiger partial charge in [-0.25, -0.2) is 4.57 Å². The van der Waals surface area contributed by atoms with E-state index >= 15 is 0 Å². The maximum absolute atomic E-state index is 2.47. The van der Waals surface area contributed by atoms with Crippen molar-refractivity contribution in [2.75, 3.05) is 0 Å². The molecule has 1 aromatic carbocycles. The molecule has 0 spiro atoms. The summed E-state index contributed by atoms with van der Waals surface area (Å²) in [6.07, 6.45) is 3.51. The molecule has 2 heteroatoms. The van der Waals surface area contributed by atoms with Crippen LogP contribution in [0.1, 0.15) is 31.9 Å². The van der Waals surface area contributed by atoms with Gasteiger partial charge in [0.2, 0.25) is 5.69 Å². The quantitative estimate of drug-likeness (QED) is 0.572. The summed E-state index contributed by atoms with van der Waals surface area (Å²) in [5, 5.41) is 1.60. The normalized spacial score (nSPS) is 12.5. The molecule has 0 unspecified atom stereocenters. The minimum Gasteiger partial charge on any atom is -0.201 e. The van der Waals surface area contributed by atoms with Crippen LogP contribution < -0.4 is 9.75 Å². The van der Waals surface area contributed by atoms with Crippen LogP contribution in [-0.2, 0) is 13.5 Å². The molecule has 0 amide bonds. The van der Waals surface area contributed by atoms with Gasteiger partial charge in [0, 0.05) is 17.2 Å². The van der Waals surface area contributed by atoms with Gasteiger partial charge in [-0.05, 0) is 35.6 Å². The van der Waals surface area contributed by atoms with Crippen LogP contribution in [0.25, 0.3) is 11.3 Å². The largest absolute Gasteiger partial charge is 0.212 e. The van der Waals surface area contributed by atoms with Crippen LogP contribution in [0.4, 0.5) is 0 Å². The van der Waals surface area contributed by atoms with Gasteiger partial charge in [-0.2, -0.15) is 0 Å². The molecule has 23 heavy (non-hydrogen) atoms. The van der Waals surface area contributed by atoms with E-state index in [1.165, 1.54) is 22.4 Å². The van der Waals surface area contributed by atoms with Crippen molar-refractivity contribution in [1.82, 2.24) is 0 Å². The molecule has 0 saturated heterocycles. The summed E-state index contributed by atoms with van der Waals surface area (Å²) in [4.78, 5) is 0. The zero-order valence-electron chi connectivity index (χ0n) is 16.1. The summed E-state index contributed by atoms with van der Waals surface area (Å²) in [6.45, 7) is 16.6. The van der Waals surface area contributed by atoms with Crippen molar-refractivity contribution < 1.29 is 4.57 Å². The average Bonchev–Trinajstić information content (AvgIpc) is 2.36. The minimum absolute atomic E-state index is 0.311. The molecule has 0 aliphatic rings. The topological polar surface area (TPSA) is 3.88 Å². The van der Waals surface area contributed by atoms with Crippen molar-refractivity contribution in [2.24, 2.45) is 12.5 Å². The second-order valence-corrected chi connectivity index (χ2v) is 14.0. The molecule has 1 heterocycles. The predicted octanol–water partition coefficient (Wildman–Crippen LogP) is 4.62. The summed E-state index contributed by atoms with van der Waals surface area (Å²) < 4.78 is 2.31. The Morgan fingerprint density at radius 3 is 2.17 bits per heavy atom. The molecular formula is C21H32NSi+. The molecule has 0 saturated carbocycles. The molecular weight excluding hydrogens is 294 g/mol. The Hall–Kier alpha value is -1.41. The zero-order chi connectivity index (χ0) is 17.4. The molecule has 1 aromatic heterocycles. The fourth-order valence-electron chi connectivity index (χ4n) is 3.24. The summed E-state index contributed by atoms with van der Waals surface area (Å²) in [5.74, 6) is 0. The lowest BCUT2D eigenvalue weighted by molar-refractivity contribution is -0.660. The van der Waals surface area contributed by atoms with Crippen LogP contribution in [0.3, 0.4) is 0 Å². The number of hydrogen-bond acceptors (Lipinski definition) is 0. The van der Waals surface area contributed by atoms with Crippen molar-refractivity contribution in [3.05, 3.63) is 47.7 Å². The van der Waals surface area contributed by atoms with Gasteiger partial charge in [0.15, 0.2) is 6.20 Å². The van der Waals surface area contributed by atoms with E-state index in [0.29, 0.717) is 5.41 Å². The van der Waals surface area contributed by atoms with Crippen molar-refractivity contribution in [1.29, 1.82) is 0 Å². The number of hydrogen-bond donors (Lipinski definition) is 0. The number of benzene rings is 1. The highest BCUT2D eigenvalue weighted by atomic mass is 28.3. The number of pyridine rings is 1. The van der Waals surface area contributed by atoms with Gasteiger partial charge in [-0.15, -0.1) is 0 Å². The Labute approximate surface area is 143 Å². The smallest absolute Gasteiger partial charge is 0.201 e. The van der Waals surface area contributed by atoms with Crippen molar-refractivity contribution in [2.45, 2.75) is 53.8 Å². The third-order valence-electron chi connectivity index (χ3n) is 4.31. The van der Waals surface area contributed by atoms with Crippen LogP contribution in [0.15, 0.2) is 36.5 Å². The Balaban J connectivity index is 2.67. The van der Waals surface area contributed by atoms with Crippen molar-refractivity contribution >= 4 is 13.3 Å². The fraction of sp³-hybridized carbons (Fsp3) is 0.476. The van der Waals surface area contributed by atoms with Crippen molar-refractivity contribution in [3.63, 3.8) is 0 Å². The first-order valence-corrected chi connectivity index (χ1v) is 12.1. The average molecular weight is 327 g/mol. The SMILES string of the molecule is Cc1ccccc1-c1cc([Si](C)(C)C)c(CC(C)(C)C)c[n+]1C. The number of nitrogens with zero attached hydrogens (tertiary/aromatic N) is 1. The summed E-state index contributed by atoms with van der Waals surface area (Å²) >= 11 is 0. The molecule has 2 aromatic rings. The van der Waals surface area contributed by atoms with Crippen LogP contribution in [-0.4, -0.2) is 8.07 Å². The van der Waals surface area contributed by atoms with E-state index in [2.05, 4.69) is 95.5 Å². The zero-order valence-corrected chi connectivity index (χ0v) is 17.1. The Morgan fingerprint density at radius 2 is 1.65 bits per heavy atom. The molecule has 1 nitrogen and oxygen atoms in total. The van der Waals surface area contributed by atoms with Gasteiger partial charge >= 0.3 is 0 Å². The predicted molar refractivity (Wildman–Crippen MR) is 104 cm³/mol. The third kappa shape index (κ3) is 4.32. The second-order valence-electron chi connectivity index (χ2n) is 9.01. The number of aromatic nitrogens is 1. The summed E-state index contributed by atoms with van der Waals surface area (Å²) in [5.41, 5.74) is 5.85. The van der Waals surface area contributed by atoms with Crippen LogP contribution in [0.2, 0.25) is 19.6 Å². The molecule has 0 radical (unpaired) electrons. The number of rotatable bonds is 3. The second kappa shape index (κ2) is 6.24. The summed E-state index contributed by atoms with van der Waals surface area (Å²) in [6, 6.07) is 11.2. The van der Waals surface area contributed by atoms with E-state index in [0.717, 1.165) is 6.42 Å². The first-order chi connectivity index (χ1) is 10.5. The van der Waals surface area contributed by atoms with Gasteiger partial charge < -0.3 is 0 Å².